The molecule has 0 aromatic heterocycles. The molecule has 2 N–H and O–H groups in total. The minimum absolute atomic E-state index is 0.230. The standard InChI is InChI=1S/C14H18N2O4/c1-2-7-16(8-13(17)18)14(19)15-11-9-20-12-6-4-3-5-10(11)12/h3-6,11H,2,7-9H2,1H3,(H,15,19)(H,17,18). The van der Waals surface area contributed by atoms with Gasteiger partial charge in [-0.25, -0.2) is 4.79 Å². The maximum absolute atomic E-state index is 12.1. The van der Waals surface area contributed by atoms with Crippen molar-refractivity contribution in [1.29, 1.82) is 0 Å². The summed E-state index contributed by atoms with van der Waals surface area (Å²) < 4.78 is 5.48. The van der Waals surface area contributed by atoms with E-state index in [0.717, 1.165) is 11.3 Å². The summed E-state index contributed by atoms with van der Waals surface area (Å²) in [6.45, 7) is 2.39. The second kappa shape index (κ2) is 6.27. The number of carboxylic acid groups (broad SMARTS) is 1. The fourth-order valence-corrected chi connectivity index (χ4v) is 2.21. The van der Waals surface area contributed by atoms with Crippen molar-refractivity contribution in [3.63, 3.8) is 0 Å². The van der Waals surface area contributed by atoms with Gasteiger partial charge in [0.1, 0.15) is 18.9 Å². The number of para-hydroxylation sites is 1. The molecular weight excluding hydrogens is 260 g/mol. The number of fused-ring (bicyclic) bond motifs is 1. The third-order valence-corrected chi connectivity index (χ3v) is 3.10. The number of carbonyl (C=O) groups excluding carboxylic acids is 1. The average Bonchev–Trinajstić information content (AvgIpc) is 2.81. The number of ether oxygens (including phenoxy) is 1. The quantitative estimate of drug-likeness (QED) is 0.858. The maximum atomic E-state index is 12.1. The first-order valence-corrected chi connectivity index (χ1v) is 6.60. The third kappa shape index (κ3) is 3.20. The fourth-order valence-electron chi connectivity index (χ4n) is 2.21. The molecule has 1 heterocycles. The van der Waals surface area contributed by atoms with E-state index in [0.29, 0.717) is 19.6 Å². The number of benzene rings is 1. The highest BCUT2D eigenvalue weighted by Gasteiger charge is 2.27. The van der Waals surface area contributed by atoms with Gasteiger partial charge in [0.05, 0.1) is 6.04 Å². The third-order valence-electron chi connectivity index (χ3n) is 3.10. The molecule has 1 atom stereocenters. The van der Waals surface area contributed by atoms with Crippen LogP contribution in [0.1, 0.15) is 24.9 Å². The predicted molar refractivity (Wildman–Crippen MR) is 72.7 cm³/mol. The van der Waals surface area contributed by atoms with Crippen molar-refractivity contribution in [2.45, 2.75) is 19.4 Å². The van der Waals surface area contributed by atoms with Crippen molar-refractivity contribution in [1.82, 2.24) is 10.2 Å². The van der Waals surface area contributed by atoms with Gasteiger partial charge in [0.15, 0.2) is 0 Å². The molecule has 6 nitrogen and oxygen atoms in total. The number of aliphatic carboxylic acids is 1. The zero-order chi connectivity index (χ0) is 14.5. The maximum Gasteiger partial charge on any atom is 0.323 e. The molecule has 108 valence electrons. The lowest BCUT2D eigenvalue weighted by molar-refractivity contribution is -0.137. The summed E-state index contributed by atoms with van der Waals surface area (Å²) in [5, 5.41) is 11.7. The molecule has 0 fully saturated rings. The molecule has 1 unspecified atom stereocenters. The number of nitrogens with one attached hydrogen (secondary N) is 1. The van der Waals surface area contributed by atoms with E-state index < -0.39 is 5.97 Å². The van der Waals surface area contributed by atoms with Gasteiger partial charge in [0, 0.05) is 12.1 Å². The average molecular weight is 278 g/mol. The summed E-state index contributed by atoms with van der Waals surface area (Å²) in [5.74, 6) is -0.255. The Morgan fingerprint density at radius 2 is 2.20 bits per heavy atom. The van der Waals surface area contributed by atoms with E-state index in [1.807, 2.05) is 31.2 Å². The molecule has 1 aliphatic heterocycles. The normalized spacial score (nSPS) is 16.1. The molecule has 1 aromatic rings. The number of carboxylic acids is 1. The molecule has 2 amide bonds. The first kappa shape index (κ1) is 14.2. The highest BCUT2D eigenvalue weighted by molar-refractivity contribution is 5.80. The van der Waals surface area contributed by atoms with Gasteiger partial charge in [-0.2, -0.15) is 0 Å². The summed E-state index contributed by atoms with van der Waals surface area (Å²) in [6.07, 6.45) is 0.707. The van der Waals surface area contributed by atoms with Gasteiger partial charge in [-0.3, -0.25) is 4.79 Å². The molecule has 6 heteroatoms. The Kier molecular flexibility index (Phi) is 4.45. The number of rotatable bonds is 5. The van der Waals surface area contributed by atoms with Crippen molar-refractivity contribution in [3.8, 4) is 5.75 Å². The van der Waals surface area contributed by atoms with Crippen LogP contribution >= 0.6 is 0 Å². The molecule has 2 rings (SSSR count). The number of urea groups is 1. The molecule has 0 radical (unpaired) electrons. The van der Waals surface area contributed by atoms with Gasteiger partial charge in [-0.15, -0.1) is 0 Å². The van der Waals surface area contributed by atoms with Gasteiger partial charge in [-0.1, -0.05) is 25.1 Å². The number of nitrogens with zero attached hydrogens (tertiary/aromatic N) is 1. The molecule has 0 aliphatic carbocycles. The largest absolute Gasteiger partial charge is 0.491 e. The molecule has 0 saturated heterocycles. The van der Waals surface area contributed by atoms with Gasteiger partial charge in [0.2, 0.25) is 0 Å². The van der Waals surface area contributed by atoms with E-state index >= 15 is 0 Å². The van der Waals surface area contributed by atoms with Crippen LogP contribution in [0.4, 0.5) is 4.79 Å². The first-order chi connectivity index (χ1) is 9.61. The van der Waals surface area contributed by atoms with Gasteiger partial charge in [0.25, 0.3) is 0 Å². The molecule has 20 heavy (non-hydrogen) atoms. The van der Waals surface area contributed by atoms with Crippen molar-refractivity contribution in [2.24, 2.45) is 0 Å². The van der Waals surface area contributed by atoms with E-state index in [-0.39, 0.29) is 18.6 Å². The van der Waals surface area contributed by atoms with Crippen LogP contribution in [0.3, 0.4) is 0 Å². The Bertz CT molecular complexity index is 504. The Hall–Kier alpha value is -2.24. The predicted octanol–water partition coefficient (Wildman–Crippen LogP) is 1.63. The summed E-state index contributed by atoms with van der Waals surface area (Å²) in [7, 11) is 0. The van der Waals surface area contributed by atoms with Crippen LogP contribution in [-0.4, -0.2) is 41.7 Å². The first-order valence-electron chi connectivity index (χ1n) is 6.60. The van der Waals surface area contributed by atoms with E-state index in [1.165, 1.54) is 4.90 Å². The number of carbonyl (C=O) groups is 2. The molecule has 0 saturated carbocycles. The Morgan fingerprint density at radius 1 is 1.45 bits per heavy atom. The number of hydrogen-bond donors (Lipinski definition) is 2. The minimum atomic E-state index is -1.02. The highest BCUT2D eigenvalue weighted by atomic mass is 16.5. The van der Waals surface area contributed by atoms with Crippen molar-refractivity contribution < 1.29 is 19.4 Å². The lowest BCUT2D eigenvalue weighted by Gasteiger charge is -2.22. The lowest BCUT2D eigenvalue weighted by atomic mass is 10.1. The topological polar surface area (TPSA) is 78.9 Å². The van der Waals surface area contributed by atoms with E-state index in [1.54, 1.807) is 0 Å². The van der Waals surface area contributed by atoms with Crippen molar-refractivity contribution in [3.05, 3.63) is 29.8 Å². The fraction of sp³-hybridized carbons (Fsp3) is 0.429. The monoisotopic (exact) mass is 278 g/mol. The van der Waals surface area contributed by atoms with E-state index in [4.69, 9.17) is 9.84 Å². The van der Waals surface area contributed by atoms with Gasteiger partial charge >= 0.3 is 12.0 Å². The van der Waals surface area contributed by atoms with Crippen molar-refractivity contribution >= 4 is 12.0 Å². The minimum Gasteiger partial charge on any atom is -0.491 e. The number of hydrogen-bond acceptors (Lipinski definition) is 3. The Morgan fingerprint density at radius 3 is 2.90 bits per heavy atom. The Labute approximate surface area is 117 Å². The van der Waals surface area contributed by atoms with Crippen LogP contribution in [-0.2, 0) is 4.79 Å². The molecule has 0 spiro atoms. The van der Waals surface area contributed by atoms with Crippen LogP contribution in [0.5, 0.6) is 5.75 Å². The number of amides is 2. The van der Waals surface area contributed by atoms with E-state index in [2.05, 4.69) is 5.32 Å². The smallest absolute Gasteiger partial charge is 0.323 e. The summed E-state index contributed by atoms with van der Waals surface area (Å²) in [6, 6.07) is 6.90. The summed E-state index contributed by atoms with van der Waals surface area (Å²) in [4.78, 5) is 24.2. The molecule has 1 aromatic carbocycles. The summed E-state index contributed by atoms with van der Waals surface area (Å²) in [5.41, 5.74) is 0.924. The van der Waals surface area contributed by atoms with Gasteiger partial charge < -0.3 is 20.1 Å². The second-order valence-electron chi connectivity index (χ2n) is 4.67. The lowest BCUT2D eigenvalue weighted by Crippen LogP contribution is -2.44. The Balaban J connectivity index is 2.02. The van der Waals surface area contributed by atoms with Crippen LogP contribution in [0.15, 0.2) is 24.3 Å². The molecule has 0 bridgehead atoms. The van der Waals surface area contributed by atoms with Gasteiger partial charge in [-0.05, 0) is 12.5 Å². The zero-order valence-corrected chi connectivity index (χ0v) is 11.3. The SMILES string of the molecule is CCCN(CC(=O)O)C(=O)NC1COc2ccccc21. The summed E-state index contributed by atoms with van der Waals surface area (Å²) >= 11 is 0. The van der Waals surface area contributed by atoms with E-state index in [9.17, 15) is 9.59 Å². The van der Waals surface area contributed by atoms with Crippen LogP contribution in [0, 0.1) is 0 Å². The second-order valence-corrected chi connectivity index (χ2v) is 4.67. The van der Waals surface area contributed by atoms with Crippen LogP contribution in [0.2, 0.25) is 0 Å². The zero-order valence-electron chi connectivity index (χ0n) is 11.3. The highest BCUT2D eigenvalue weighted by Crippen LogP contribution is 2.31. The van der Waals surface area contributed by atoms with Crippen LogP contribution < -0.4 is 10.1 Å². The van der Waals surface area contributed by atoms with Crippen molar-refractivity contribution in [2.75, 3.05) is 19.7 Å². The van der Waals surface area contributed by atoms with Crippen LogP contribution in [0.25, 0.3) is 0 Å². The molecular formula is C14H18N2O4. The molecule has 1 aliphatic rings.